The Morgan fingerprint density at radius 3 is 2.86 bits per heavy atom. The molecule has 0 amide bonds. The largest absolute Gasteiger partial charge is 0.460 e. The Labute approximate surface area is 134 Å². The van der Waals surface area contributed by atoms with Gasteiger partial charge in [0.1, 0.15) is 6.10 Å². The fourth-order valence-corrected chi connectivity index (χ4v) is 2.93. The lowest BCUT2D eigenvalue weighted by Gasteiger charge is -2.23. The van der Waals surface area contributed by atoms with Gasteiger partial charge in [-0.05, 0) is 32.4 Å². The van der Waals surface area contributed by atoms with Crippen molar-refractivity contribution < 1.29 is 14.3 Å². The second-order valence-corrected chi connectivity index (χ2v) is 6.31. The molecule has 0 N–H and O–H groups in total. The van der Waals surface area contributed by atoms with Crippen LogP contribution in [0.15, 0.2) is 0 Å². The first kappa shape index (κ1) is 17.3. The summed E-state index contributed by atoms with van der Waals surface area (Å²) in [6.45, 7) is 6.59. The number of likely N-dealkylation sites (tertiary alicyclic amines) is 1. The number of esters is 1. The molecule has 2 unspecified atom stereocenters. The molecule has 2 atom stereocenters. The molecule has 2 rings (SSSR count). The number of carbonyl (C=O) groups is 1. The van der Waals surface area contributed by atoms with Crippen LogP contribution in [-0.2, 0) is 14.3 Å². The first-order valence-electron chi connectivity index (χ1n) is 8.76. The molecule has 2 heterocycles. The average Bonchev–Trinajstić information content (AvgIpc) is 2.89. The third-order valence-corrected chi connectivity index (χ3v) is 4.33. The van der Waals surface area contributed by atoms with Crippen molar-refractivity contribution in [3.8, 4) is 11.8 Å². The molecule has 0 aromatic rings. The van der Waals surface area contributed by atoms with Crippen LogP contribution in [0.2, 0.25) is 0 Å². The lowest BCUT2D eigenvalue weighted by molar-refractivity contribution is -0.146. The number of unbranched alkanes of at least 4 members (excludes halogenated alkanes) is 1. The Bertz CT molecular complexity index is 393. The zero-order valence-corrected chi connectivity index (χ0v) is 13.8. The van der Waals surface area contributed by atoms with Gasteiger partial charge in [-0.25, -0.2) is 0 Å². The molecular weight excluding hydrogens is 278 g/mol. The number of ether oxygens (including phenoxy) is 2. The smallest absolute Gasteiger partial charge is 0.310 e. The van der Waals surface area contributed by atoms with Crippen LogP contribution in [0, 0.1) is 17.8 Å². The van der Waals surface area contributed by atoms with Gasteiger partial charge in [-0.15, -0.1) is 5.92 Å². The van der Waals surface area contributed by atoms with E-state index in [-0.39, 0.29) is 18.0 Å². The zero-order valence-electron chi connectivity index (χ0n) is 13.8. The molecule has 0 aromatic heterocycles. The molecule has 0 radical (unpaired) electrons. The van der Waals surface area contributed by atoms with Gasteiger partial charge in [0, 0.05) is 19.4 Å². The normalized spacial score (nSPS) is 25.6. The minimum absolute atomic E-state index is 0.0615. The van der Waals surface area contributed by atoms with Gasteiger partial charge in [-0.1, -0.05) is 25.7 Å². The summed E-state index contributed by atoms with van der Waals surface area (Å²) in [4.78, 5) is 14.2. The molecule has 2 fully saturated rings. The maximum atomic E-state index is 11.8. The SMILES string of the molecule is CCCCOCC1CC(CC#CCN2CCCCC2)C(=O)O1. The molecule has 0 aliphatic carbocycles. The fraction of sp³-hybridized carbons (Fsp3) is 0.833. The number of carbonyl (C=O) groups excluding carboxylic acids is 1. The summed E-state index contributed by atoms with van der Waals surface area (Å²) in [6, 6.07) is 0. The third-order valence-electron chi connectivity index (χ3n) is 4.33. The number of nitrogens with zero attached hydrogens (tertiary/aromatic N) is 1. The highest BCUT2D eigenvalue weighted by atomic mass is 16.6. The van der Waals surface area contributed by atoms with Crippen LogP contribution in [0.3, 0.4) is 0 Å². The van der Waals surface area contributed by atoms with E-state index in [1.54, 1.807) is 0 Å². The van der Waals surface area contributed by atoms with Crippen molar-refractivity contribution in [1.29, 1.82) is 0 Å². The van der Waals surface area contributed by atoms with E-state index in [2.05, 4.69) is 23.7 Å². The molecule has 2 aliphatic rings. The van der Waals surface area contributed by atoms with E-state index < -0.39 is 0 Å². The van der Waals surface area contributed by atoms with E-state index in [9.17, 15) is 4.79 Å². The monoisotopic (exact) mass is 307 g/mol. The van der Waals surface area contributed by atoms with Gasteiger partial charge in [0.2, 0.25) is 0 Å². The number of hydrogen-bond donors (Lipinski definition) is 0. The Balaban J connectivity index is 1.62. The lowest BCUT2D eigenvalue weighted by atomic mass is 10.0. The number of cyclic esters (lactones) is 1. The van der Waals surface area contributed by atoms with Crippen molar-refractivity contribution in [2.45, 2.75) is 58.0 Å². The minimum Gasteiger partial charge on any atom is -0.460 e. The Hall–Kier alpha value is -1.05. The van der Waals surface area contributed by atoms with Crippen molar-refractivity contribution in [3.05, 3.63) is 0 Å². The van der Waals surface area contributed by atoms with Gasteiger partial charge < -0.3 is 9.47 Å². The van der Waals surface area contributed by atoms with Crippen LogP contribution in [0.1, 0.15) is 51.9 Å². The minimum atomic E-state index is -0.101. The zero-order chi connectivity index (χ0) is 15.6. The van der Waals surface area contributed by atoms with Crippen LogP contribution >= 0.6 is 0 Å². The Kier molecular flexibility index (Phi) is 7.76. The predicted molar refractivity (Wildman–Crippen MR) is 86.4 cm³/mol. The van der Waals surface area contributed by atoms with E-state index >= 15 is 0 Å². The van der Waals surface area contributed by atoms with Crippen molar-refractivity contribution >= 4 is 5.97 Å². The Morgan fingerprint density at radius 2 is 2.09 bits per heavy atom. The summed E-state index contributed by atoms with van der Waals surface area (Å²) in [6.07, 6.45) is 7.41. The summed E-state index contributed by atoms with van der Waals surface area (Å²) in [5, 5.41) is 0. The van der Waals surface area contributed by atoms with E-state index in [0.717, 1.165) is 45.5 Å². The highest BCUT2D eigenvalue weighted by molar-refractivity contribution is 5.75. The molecule has 124 valence electrons. The summed E-state index contributed by atoms with van der Waals surface area (Å²) in [7, 11) is 0. The van der Waals surface area contributed by atoms with E-state index in [0.29, 0.717) is 13.0 Å². The molecule has 4 heteroatoms. The maximum Gasteiger partial charge on any atom is 0.310 e. The molecular formula is C18H29NO3. The number of rotatable bonds is 7. The van der Waals surface area contributed by atoms with Gasteiger partial charge in [-0.2, -0.15) is 0 Å². The van der Waals surface area contributed by atoms with Crippen LogP contribution < -0.4 is 0 Å². The maximum absolute atomic E-state index is 11.8. The van der Waals surface area contributed by atoms with Crippen molar-refractivity contribution in [2.75, 3.05) is 32.8 Å². The van der Waals surface area contributed by atoms with Crippen molar-refractivity contribution in [2.24, 2.45) is 5.92 Å². The summed E-state index contributed by atoms with van der Waals surface area (Å²) < 4.78 is 10.9. The lowest BCUT2D eigenvalue weighted by Crippen LogP contribution is -2.29. The molecule has 0 saturated carbocycles. The number of hydrogen-bond acceptors (Lipinski definition) is 4. The van der Waals surface area contributed by atoms with Crippen molar-refractivity contribution in [1.82, 2.24) is 4.90 Å². The predicted octanol–water partition coefficient (Wildman–Crippen LogP) is 2.61. The van der Waals surface area contributed by atoms with E-state index in [4.69, 9.17) is 9.47 Å². The third kappa shape index (κ3) is 5.98. The first-order valence-corrected chi connectivity index (χ1v) is 8.76. The van der Waals surface area contributed by atoms with Crippen LogP contribution in [-0.4, -0.2) is 49.8 Å². The standard InChI is InChI=1S/C18H29NO3/c1-2-3-13-21-15-17-14-16(18(20)22-17)9-5-8-12-19-10-6-4-7-11-19/h16-17H,2-4,6-7,9-15H2,1H3. The fourth-order valence-electron chi connectivity index (χ4n) is 2.93. The second-order valence-electron chi connectivity index (χ2n) is 6.31. The van der Waals surface area contributed by atoms with Gasteiger partial charge in [-0.3, -0.25) is 9.69 Å². The molecule has 0 aromatic carbocycles. The molecule has 22 heavy (non-hydrogen) atoms. The Morgan fingerprint density at radius 1 is 1.27 bits per heavy atom. The molecule has 0 spiro atoms. The van der Waals surface area contributed by atoms with E-state index in [1.165, 1.54) is 19.3 Å². The summed E-state index contributed by atoms with van der Waals surface area (Å²) >= 11 is 0. The van der Waals surface area contributed by atoms with Crippen LogP contribution in [0.5, 0.6) is 0 Å². The average molecular weight is 307 g/mol. The molecule has 2 saturated heterocycles. The molecule has 2 aliphatic heterocycles. The second kappa shape index (κ2) is 9.86. The van der Waals surface area contributed by atoms with Gasteiger partial charge in [0.15, 0.2) is 0 Å². The number of piperidine rings is 1. The molecule has 4 nitrogen and oxygen atoms in total. The van der Waals surface area contributed by atoms with Crippen LogP contribution in [0.4, 0.5) is 0 Å². The van der Waals surface area contributed by atoms with E-state index in [1.807, 2.05) is 0 Å². The van der Waals surface area contributed by atoms with Gasteiger partial charge in [0.25, 0.3) is 0 Å². The van der Waals surface area contributed by atoms with Gasteiger partial charge in [0.05, 0.1) is 19.1 Å². The van der Waals surface area contributed by atoms with Crippen LogP contribution in [0.25, 0.3) is 0 Å². The molecule has 0 bridgehead atoms. The highest BCUT2D eigenvalue weighted by Crippen LogP contribution is 2.24. The summed E-state index contributed by atoms with van der Waals surface area (Å²) in [5.41, 5.74) is 0. The first-order chi connectivity index (χ1) is 10.8. The van der Waals surface area contributed by atoms with Gasteiger partial charge >= 0.3 is 5.97 Å². The summed E-state index contributed by atoms with van der Waals surface area (Å²) in [5.74, 6) is 6.22. The highest BCUT2D eigenvalue weighted by Gasteiger charge is 2.33. The topological polar surface area (TPSA) is 38.8 Å². The quantitative estimate of drug-likeness (QED) is 0.412. The van der Waals surface area contributed by atoms with Crippen molar-refractivity contribution in [3.63, 3.8) is 0 Å².